The average molecular weight is 437 g/mol. The average Bonchev–Trinajstić information content (AvgIpc) is 2.90. The minimum Gasteiger partial charge on any atom is -0.355 e. The number of nitrogens with zero attached hydrogens (tertiary/aromatic N) is 1. The van der Waals surface area contributed by atoms with Gasteiger partial charge in [-0.25, -0.2) is 0 Å². The lowest BCUT2D eigenvalue weighted by molar-refractivity contribution is 1.31. The van der Waals surface area contributed by atoms with Gasteiger partial charge in [0, 0.05) is 27.8 Å². The van der Waals surface area contributed by atoms with Crippen molar-refractivity contribution in [3.63, 3.8) is 0 Å². The monoisotopic (exact) mass is 436 g/mol. The van der Waals surface area contributed by atoms with Crippen molar-refractivity contribution in [2.45, 2.75) is 0 Å². The first-order chi connectivity index (χ1) is 16.9. The molecule has 0 aliphatic rings. The highest BCUT2D eigenvalue weighted by Gasteiger charge is 2.17. The van der Waals surface area contributed by atoms with Crippen LogP contribution in [0.15, 0.2) is 140 Å². The first-order valence-corrected chi connectivity index (χ1v) is 11.5. The van der Waals surface area contributed by atoms with E-state index in [9.17, 15) is 0 Å². The van der Waals surface area contributed by atoms with Crippen molar-refractivity contribution in [2.24, 2.45) is 0 Å². The maximum atomic E-state index is 3.55. The van der Waals surface area contributed by atoms with Crippen LogP contribution in [0.1, 0.15) is 0 Å². The first-order valence-electron chi connectivity index (χ1n) is 11.5. The molecule has 0 spiro atoms. The van der Waals surface area contributed by atoms with Gasteiger partial charge in [0.1, 0.15) is 0 Å². The van der Waals surface area contributed by atoms with Crippen LogP contribution in [0, 0.1) is 0 Å². The molecule has 0 amide bonds. The molecule has 1 N–H and O–H groups in total. The molecule has 0 aliphatic carbocycles. The van der Waals surface area contributed by atoms with Gasteiger partial charge < -0.3 is 10.2 Å². The number of para-hydroxylation sites is 1. The van der Waals surface area contributed by atoms with Gasteiger partial charge in [-0.1, -0.05) is 97.1 Å². The number of anilines is 5. The summed E-state index contributed by atoms with van der Waals surface area (Å²) >= 11 is 0. The summed E-state index contributed by atoms with van der Waals surface area (Å²) in [5, 5.41) is 8.44. The summed E-state index contributed by atoms with van der Waals surface area (Å²) in [5.74, 6) is 0. The highest BCUT2D eigenvalue weighted by Crippen LogP contribution is 2.42. The van der Waals surface area contributed by atoms with Crippen LogP contribution < -0.4 is 10.2 Å². The molecule has 0 saturated carbocycles. The molecule has 0 aliphatic heterocycles. The Morgan fingerprint density at radius 1 is 0.412 bits per heavy atom. The summed E-state index contributed by atoms with van der Waals surface area (Å²) in [5.41, 5.74) is 5.54. The summed E-state index contributed by atoms with van der Waals surface area (Å²) in [7, 11) is 0. The Morgan fingerprint density at radius 2 is 0.912 bits per heavy atom. The summed E-state index contributed by atoms with van der Waals surface area (Å²) < 4.78 is 0. The molecule has 0 fully saturated rings. The third kappa shape index (κ3) is 3.76. The number of fused-ring (bicyclic) bond motifs is 2. The SMILES string of the molecule is c1ccc(Nc2cccc(N(c3cccc4ccccc34)c3cccc4ccccc34)c2)cc1. The van der Waals surface area contributed by atoms with Gasteiger partial charge in [-0.15, -0.1) is 0 Å². The largest absolute Gasteiger partial charge is 0.355 e. The van der Waals surface area contributed by atoms with Crippen LogP contribution in [0.5, 0.6) is 0 Å². The van der Waals surface area contributed by atoms with E-state index in [4.69, 9.17) is 0 Å². The smallest absolute Gasteiger partial charge is 0.0540 e. The minimum atomic E-state index is 1.05. The van der Waals surface area contributed by atoms with Crippen LogP contribution in [0.4, 0.5) is 28.4 Å². The van der Waals surface area contributed by atoms with Crippen molar-refractivity contribution in [1.29, 1.82) is 0 Å². The van der Waals surface area contributed by atoms with E-state index in [-0.39, 0.29) is 0 Å². The summed E-state index contributed by atoms with van der Waals surface area (Å²) in [6.45, 7) is 0. The molecule has 0 radical (unpaired) electrons. The van der Waals surface area contributed by atoms with Gasteiger partial charge in [0.05, 0.1) is 11.4 Å². The normalized spacial score (nSPS) is 10.9. The van der Waals surface area contributed by atoms with Gasteiger partial charge in [0.15, 0.2) is 0 Å². The molecule has 2 nitrogen and oxygen atoms in total. The minimum absolute atomic E-state index is 1.05. The Labute approximate surface area is 199 Å². The number of nitrogens with one attached hydrogen (secondary N) is 1. The van der Waals surface area contributed by atoms with Crippen LogP contribution in [0.2, 0.25) is 0 Å². The van der Waals surface area contributed by atoms with Crippen molar-refractivity contribution >= 4 is 50.0 Å². The zero-order valence-corrected chi connectivity index (χ0v) is 18.7. The van der Waals surface area contributed by atoms with Crippen molar-refractivity contribution in [2.75, 3.05) is 10.2 Å². The number of hydrogen-bond donors (Lipinski definition) is 1. The van der Waals surface area contributed by atoms with Crippen LogP contribution in [-0.4, -0.2) is 0 Å². The van der Waals surface area contributed by atoms with Crippen LogP contribution >= 0.6 is 0 Å². The molecule has 6 aromatic rings. The molecular weight excluding hydrogens is 412 g/mol. The van der Waals surface area contributed by atoms with E-state index >= 15 is 0 Å². The Balaban J connectivity index is 1.57. The maximum absolute atomic E-state index is 3.55. The topological polar surface area (TPSA) is 15.3 Å². The molecule has 34 heavy (non-hydrogen) atoms. The van der Waals surface area contributed by atoms with Gasteiger partial charge in [0.25, 0.3) is 0 Å². The fourth-order valence-corrected chi connectivity index (χ4v) is 4.63. The molecule has 0 atom stereocenters. The van der Waals surface area contributed by atoms with Crippen LogP contribution in [0.3, 0.4) is 0 Å². The van der Waals surface area contributed by atoms with Crippen molar-refractivity contribution in [1.82, 2.24) is 0 Å². The third-order valence-corrected chi connectivity index (χ3v) is 6.18. The highest BCUT2D eigenvalue weighted by molar-refractivity contribution is 6.04. The lowest BCUT2D eigenvalue weighted by atomic mass is 10.0. The maximum Gasteiger partial charge on any atom is 0.0540 e. The predicted molar refractivity (Wildman–Crippen MR) is 146 cm³/mol. The zero-order chi connectivity index (χ0) is 22.7. The lowest BCUT2D eigenvalue weighted by Crippen LogP contribution is -2.11. The van der Waals surface area contributed by atoms with Gasteiger partial charge in [-0.2, -0.15) is 0 Å². The first kappa shape index (κ1) is 20.1. The fourth-order valence-electron chi connectivity index (χ4n) is 4.63. The van der Waals surface area contributed by atoms with Crippen molar-refractivity contribution in [3.8, 4) is 0 Å². The van der Waals surface area contributed by atoms with Gasteiger partial charge in [-0.3, -0.25) is 0 Å². The van der Waals surface area contributed by atoms with E-state index in [0.29, 0.717) is 0 Å². The second kappa shape index (κ2) is 8.76. The molecule has 0 bridgehead atoms. The standard InChI is InChI=1S/C32H24N2/c1-2-15-26(16-3-1)33-27-17-10-18-28(23-27)34(31-21-8-13-24-11-4-6-19-29(24)31)32-22-9-14-25-12-5-7-20-30(25)32/h1-23,33H. The van der Waals surface area contributed by atoms with Crippen LogP contribution in [0.25, 0.3) is 21.5 Å². The van der Waals surface area contributed by atoms with Crippen molar-refractivity contribution in [3.05, 3.63) is 140 Å². The summed E-state index contributed by atoms with van der Waals surface area (Å²) in [6.07, 6.45) is 0. The second-order valence-corrected chi connectivity index (χ2v) is 8.37. The third-order valence-electron chi connectivity index (χ3n) is 6.18. The molecular formula is C32H24N2. The van der Waals surface area contributed by atoms with E-state index in [0.717, 1.165) is 28.4 Å². The number of rotatable bonds is 5. The molecule has 6 rings (SSSR count). The molecule has 6 aromatic carbocycles. The number of hydrogen-bond acceptors (Lipinski definition) is 2. The van der Waals surface area contributed by atoms with E-state index in [1.165, 1.54) is 21.5 Å². The molecule has 0 unspecified atom stereocenters. The van der Waals surface area contributed by atoms with E-state index in [2.05, 4.69) is 132 Å². The molecule has 2 heteroatoms. The molecule has 0 aromatic heterocycles. The van der Waals surface area contributed by atoms with E-state index in [1.807, 2.05) is 18.2 Å². The summed E-state index contributed by atoms with van der Waals surface area (Å²) in [4.78, 5) is 2.38. The molecule has 0 saturated heterocycles. The van der Waals surface area contributed by atoms with E-state index in [1.54, 1.807) is 0 Å². The second-order valence-electron chi connectivity index (χ2n) is 8.37. The Bertz CT molecular complexity index is 1500. The molecule has 162 valence electrons. The quantitative estimate of drug-likeness (QED) is 0.290. The Morgan fingerprint density at radius 3 is 1.56 bits per heavy atom. The fraction of sp³-hybridized carbons (Fsp3) is 0. The van der Waals surface area contributed by atoms with E-state index < -0.39 is 0 Å². The summed E-state index contributed by atoms with van der Waals surface area (Å²) in [6, 6.07) is 49.1. The Hall–Kier alpha value is -4.56. The van der Waals surface area contributed by atoms with Crippen molar-refractivity contribution < 1.29 is 0 Å². The highest BCUT2D eigenvalue weighted by atomic mass is 15.1. The zero-order valence-electron chi connectivity index (χ0n) is 18.7. The van der Waals surface area contributed by atoms with Gasteiger partial charge in [0.2, 0.25) is 0 Å². The molecule has 0 heterocycles. The lowest BCUT2D eigenvalue weighted by Gasteiger charge is -2.28. The number of benzene rings is 6. The van der Waals surface area contributed by atoms with Gasteiger partial charge >= 0.3 is 0 Å². The van der Waals surface area contributed by atoms with Gasteiger partial charge in [-0.05, 0) is 53.2 Å². The predicted octanol–water partition coefficient (Wildman–Crippen LogP) is 9.21. The Kier molecular flexibility index (Phi) is 5.17. The van der Waals surface area contributed by atoms with Crippen LogP contribution in [-0.2, 0) is 0 Å².